The van der Waals surface area contributed by atoms with Crippen LogP contribution in [0.25, 0.3) is 0 Å². The van der Waals surface area contributed by atoms with Gasteiger partial charge in [0.25, 0.3) is 10.1 Å². The lowest BCUT2D eigenvalue weighted by Gasteiger charge is -2.16. The van der Waals surface area contributed by atoms with Crippen LogP contribution in [0.15, 0.2) is 12.2 Å². The van der Waals surface area contributed by atoms with Gasteiger partial charge in [0.2, 0.25) is 0 Å². The van der Waals surface area contributed by atoms with Crippen LogP contribution >= 0.6 is 0 Å². The number of carbonyl (C=O) groups is 1. The van der Waals surface area contributed by atoms with Crippen LogP contribution in [0, 0.1) is 5.92 Å². The summed E-state index contributed by atoms with van der Waals surface area (Å²) in [5.41, 5.74) is 0. The van der Waals surface area contributed by atoms with Crippen LogP contribution in [0.1, 0.15) is 12.8 Å². The molecule has 0 aromatic carbocycles. The van der Waals surface area contributed by atoms with Gasteiger partial charge in [-0.25, -0.2) is 0 Å². The first-order chi connectivity index (χ1) is 6.38. The van der Waals surface area contributed by atoms with Crippen molar-refractivity contribution in [2.75, 3.05) is 6.26 Å². The summed E-state index contributed by atoms with van der Waals surface area (Å²) in [7, 11) is -3.51. The highest BCUT2D eigenvalue weighted by Crippen LogP contribution is 2.25. The molecule has 0 amide bonds. The van der Waals surface area contributed by atoms with Gasteiger partial charge in [-0.05, 0) is 6.42 Å². The molecule has 1 aliphatic rings. The van der Waals surface area contributed by atoms with Crippen molar-refractivity contribution in [2.24, 2.45) is 5.92 Å². The molecular formula is C8H12O5S. The minimum atomic E-state index is -3.51. The number of rotatable bonds is 4. The van der Waals surface area contributed by atoms with E-state index in [9.17, 15) is 13.2 Å². The summed E-state index contributed by atoms with van der Waals surface area (Å²) in [6.07, 6.45) is 4.18. The summed E-state index contributed by atoms with van der Waals surface area (Å²) in [5, 5.41) is 8.55. The van der Waals surface area contributed by atoms with E-state index in [-0.39, 0.29) is 12.3 Å². The van der Waals surface area contributed by atoms with E-state index in [1.807, 2.05) is 0 Å². The van der Waals surface area contributed by atoms with Gasteiger partial charge in [0, 0.05) is 5.92 Å². The van der Waals surface area contributed by atoms with Gasteiger partial charge in [-0.2, -0.15) is 8.42 Å². The third-order valence-corrected chi connectivity index (χ3v) is 2.53. The zero-order valence-corrected chi connectivity index (χ0v) is 8.53. The van der Waals surface area contributed by atoms with Crippen LogP contribution in [-0.2, 0) is 19.1 Å². The molecule has 6 heteroatoms. The van der Waals surface area contributed by atoms with Gasteiger partial charge >= 0.3 is 5.97 Å². The molecule has 0 spiro atoms. The third kappa shape index (κ3) is 3.47. The Balaban J connectivity index is 2.59. The van der Waals surface area contributed by atoms with Gasteiger partial charge in [0.05, 0.1) is 18.8 Å². The van der Waals surface area contributed by atoms with Crippen molar-refractivity contribution < 1.29 is 22.5 Å². The van der Waals surface area contributed by atoms with Crippen molar-refractivity contribution in [1.29, 1.82) is 0 Å². The largest absolute Gasteiger partial charge is 0.481 e. The minimum Gasteiger partial charge on any atom is -0.481 e. The molecule has 0 aromatic rings. The Bertz CT molecular complexity index is 343. The van der Waals surface area contributed by atoms with Gasteiger partial charge in [-0.3, -0.25) is 8.98 Å². The molecule has 0 saturated heterocycles. The fourth-order valence-electron chi connectivity index (χ4n) is 1.42. The Morgan fingerprint density at radius 3 is 2.79 bits per heavy atom. The van der Waals surface area contributed by atoms with Gasteiger partial charge in [-0.15, -0.1) is 0 Å². The average molecular weight is 220 g/mol. The number of aliphatic carboxylic acids is 1. The summed E-state index contributed by atoms with van der Waals surface area (Å²) in [5.74, 6) is -1.30. The molecule has 0 heterocycles. The van der Waals surface area contributed by atoms with E-state index in [1.165, 1.54) is 0 Å². The van der Waals surface area contributed by atoms with Crippen LogP contribution in [0.2, 0.25) is 0 Å². The maximum Gasteiger partial charge on any atom is 0.304 e. The molecule has 0 saturated carbocycles. The zero-order chi connectivity index (χ0) is 10.8. The molecule has 5 nitrogen and oxygen atoms in total. The van der Waals surface area contributed by atoms with E-state index in [4.69, 9.17) is 9.29 Å². The lowest BCUT2D eigenvalue weighted by molar-refractivity contribution is -0.138. The van der Waals surface area contributed by atoms with Crippen LogP contribution in [0.4, 0.5) is 0 Å². The molecule has 0 radical (unpaired) electrons. The van der Waals surface area contributed by atoms with E-state index >= 15 is 0 Å². The fraction of sp³-hybridized carbons (Fsp3) is 0.625. The number of carboxylic acid groups (broad SMARTS) is 1. The normalized spacial score (nSPS) is 26.6. The number of hydrogen-bond donors (Lipinski definition) is 1. The van der Waals surface area contributed by atoms with E-state index in [0.717, 1.165) is 6.26 Å². The molecule has 0 bridgehead atoms. The van der Waals surface area contributed by atoms with Crippen molar-refractivity contribution in [3.8, 4) is 0 Å². The van der Waals surface area contributed by atoms with Gasteiger partial charge in [0.1, 0.15) is 0 Å². The molecule has 0 aromatic heterocycles. The van der Waals surface area contributed by atoms with Crippen molar-refractivity contribution >= 4 is 16.1 Å². The molecule has 0 fully saturated rings. The summed E-state index contributed by atoms with van der Waals surface area (Å²) < 4.78 is 26.4. The molecular weight excluding hydrogens is 208 g/mol. The highest BCUT2D eigenvalue weighted by molar-refractivity contribution is 7.86. The van der Waals surface area contributed by atoms with E-state index in [0.29, 0.717) is 6.42 Å². The number of hydrogen-bond acceptors (Lipinski definition) is 4. The van der Waals surface area contributed by atoms with Gasteiger partial charge < -0.3 is 5.11 Å². The van der Waals surface area contributed by atoms with Crippen molar-refractivity contribution in [3.63, 3.8) is 0 Å². The smallest absolute Gasteiger partial charge is 0.304 e. The van der Waals surface area contributed by atoms with E-state index in [2.05, 4.69) is 0 Å². The first-order valence-electron chi connectivity index (χ1n) is 4.15. The molecule has 14 heavy (non-hydrogen) atoms. The lowest BCUT2D eigenvalue weighted by Crippen LogP contribution is -2.24. The summed E-state index contributed by atoms with van der Waals surface area (Å²) in [6.45, 7) is 0. The lowest BCUT2D eigenvalue weighted by atomic mass is 10.0. The molecule has 0 aliphatic heterocycles. The SMILES string of the molecule is CS(=O)(=O)O[C@@H]1CC=C[C@H]1CC(=O)O. The van der Waals surface area contributed by atoms with Crippen molar-refractivity contribution in [2.45, 2.75) is 18.9 Å². The Hall–Kier alpha value is -0.880. The summed E-state index contributed by atoms with van der Waals surface area (Å²) >= 11 is 0. The third-order valence-electron chi connectivity index (χ3n) is 1.94. The Morgan fingerprint density at radius 2 is 2.29 bits per heavy atom. The Morgan fingerprint density at radius 1 is 1.64 bits per heavy atom. The summed E-state index contributed by atoms with van der Waals surface area (Å²) in [6, 6.07) is 0. The molecule has 1 N–H and O–H groups in total. The Kier molecular flexibility index (Phi) is 3.28. The maximum atomic E-state index is 10.8. The second kappa shape index (κ2) is 4.10. The first-order valence-corrected chi connectivity index (χ1v) is 5.97. The topological polar surface area (TPSA) is 80.7 Å². The Labute approximate surface area is 82.5 Å². The fourth-order valence-corrected chi connectivity index (χ4v) is 2.09. The van der Waals surface area contributed by atoms with E-state index in [1.54, 1.807) is 12.2 Å². The van der Waals surface area contributed by atoms with Crippen molar-refractivity contribution in [1.82, 2.24) is 0 Å². The van der Waals surface area contributed by atoms with Gasteiger partial charge in [-0.1, -0.05) is 12.2 Å². The second-order valence-electron chi connectivity index (χ2n) is 3.26. The van der Waals surface area contributed by atoms with Crippen molar-refractivity contribution in [3.05, 3.63) is 12.2 Å². The predicted molar refractivity (Wildman–Crippen MR) is 49.2 cm³/mol. The predicted octanol–water partition coefficient (Wildman–Crippen LogP) is 0.382. The monoisotopic (exact) mass is 220 g/mol. The molecule has 0 unspecified atom stereocenters. The highest BCUT2D eigenvalue weighted by atomic mass is 32.2. The zero-order valence-electron chi connectivity index (χ0n) is 7.71. The average Bonchev–Trinajstić information content (AvgIpc) is 2.32. The molecule has 1 aliphatic carbocycles. The van der Waals surface area contributed by atoms with Crippen LogP contribution in [0.5, 0.6) is 0 Å². The standard InChI is InChI=1S/C8H12O5S/c1-14(11,12)13-7-4-2-3-6(7)5-8(9)10/h2-3,6-7H,4-5H2,1H3,(H,9,10)/t6-,7+/m0/s1. The highest BCUT2D eigenvalue weighted by Gasteiger charge is 2.28. The maximum absolute atomic E-state index is 10.8. The number of carboxylic acids is 1. The minimum absolute atomic E-state index is 0.101. The quantitative estimate of drug-likeness (QED) is 0.547. The second-order valence-corrected chi connectivity index (χ2v) is 4.87. The summed E-state index contributed by atoms with van der Waals surface area (Å²) in [4.78, 5) is 10.4. The van der Waals surface area contributed by atoms with E-state index < -0.39 is 22.2 Å². The molecule has 80 valence electrons. The van der Waals surface area contributed by atoms with Crippen LogP contribution in [-0.4, -0.2) is 31.9 Å². The van der Waals surface area contributed by atoms with Crippen LogP contribution < -0.4 is 0 Å². The molecule has 1 rings (SSSR count). The molecule has 2 atom stereocenters. The van der Waals surface area contributed by atoms with Crippen LogP contribution in [0.3, 0.4) is 0 Å². The first kappa shape index (κ1) is 11.2. The van der Waals surface area contributed by atoms with Gasteiger partial charge in [0.15, 0.2) is 0 Å².